The topological polar surface area (TPSA) is 33.1 Å². The van der Waals surface area contributed by atoms with Gasteiger partial charge in [0.2, 0.25) is 0 Å². The van der Waals surface area contributed by atoms with E-state index in [4.69, 9.17) is 0 Å². The van der Waals surface area contributed by atoms with Gasteiger partial charge in [0.15, 0.2) is 0 Å². The zero-order valence-electron chi connectivity index (χ0n) is 8.57. The maximum Gasteiger partial charge on any atom is 0.107 e. The Balaban J connectivity index is 2.14. The van der Waals surface area contributed by atoms with Crippen LogP contribution in [0.5, 0.6) is 0 Å². The first kappa shape index (κ1) is 10.1. The van der Waals surface area contributed by atoms with E-state index in [0.717, 1.165) is 18.5 Å². The SMILES string of the molecule is CC(O)(c1cscn1)C1CCCCC1. The van der Waals surface area contributed by atoms with Crippen LogP contribution in [0.2, 0.25) is 0 Å². The Hall–Kier alpha value is -0.410. The molecule has 2 nitrogen and oxygen atoms in total. The maximum atomic E-state index is 10.4. The van der Waals surface area contributed by atoms with Crippen molar-refractivity contribution in [2.24, 2.45) is 5.92 Å². The Kier molecular flexibility index (Phi) is 2.88. The van der Waals surface area contributed by atoms with Crippen LogP contribution < -0.4 is 0 Å². The fourth-order valence-corrected chi connectivity index (χ4v) is 3.00. The molecule has 1 unspecified atom stereocenters. The Morgan fingerprint density at radius 1 is 1.43 bits per heavy atom. The van der Waals surface area contributed by atoms with Crippen molar-refractivity contribution in [3.63, 3.8) is 0 Å². The molecule has 0 spiro atoms. The normalized spacial score (nSPS) is 23.3. The molecule has 0 aliphatic heterocycles. The molecule has 0 saturated heterocycles. The van der Waals surface area contributed by atoms with Gasteiger partial charge in [0.05, 0.1) is 11.2 Å². The summed E-state index contributed by atoms with van der Waals surface area (Å²) in [6.45, 7) is 1.91. The van der Waals surface area contributed by atoms with Crippen LogP contribution in [-0.2, 0) is 5.60 Å². The molecule has 14 heavy (non-hydrogen) atoms. The first-order valence-corrected chi connectivity index (χ1v) is 6.26. The molecule has 1 aliphatic carbocycles. The van der Waals surface area contributed by atoms with E-state index in [1.807, 2.05) is 12.3 Å². The zero-order valence-corrected chi connectivity index (χ0v) is 9.39. The summed E-state index contributed by atoms with van der Waals surface area (Å²) in [6, 6.07) is 0. The molecule has 1 aliphatic rings. The number of nitrogens with zero attached hydrogens (tertiary/aromatic N) is 1. The van der Waals surface area contributed by atoms with Crippen LogP contribution in [0.4, 0.5) is 0 Å². The van der Waals surface area contributed by atoms with Crippen molar-refractivity contribution in [2.75, 3.05) is 0 Å². The zero-order chi connectivity index (χ0) is 10.0. The van der Waals surface area contributed by atoms with E-state index in [1.165, 1.54) is 19.3 Å². The molecule has 3 heteroatoms. The average Bonchev–Trinajstić information content (AvgIpc) is 2.72. The van der Waals surface area contributed by atoms with Crippen LogP contribution in [0.3, 0.4) is 0 Å². The predicted octanol–water partition coefficient (Wildman–Crippen LogP) is 2.93. The van der Waals surface area contributed by atoms with Crippen molar-refractivity contribution in [3.8, 4) is 0 Å². The lowest BCUT2D eigenvalue weighted by Crippen LogP contribution is -2.33. The molecule has 0 bridgehead atoms. The second kappa shape index (κ2) is 3.99. The fourth-order valence-electron chi connectivity index (χ4n) is 2.34. The van der Waals surface area contributed by atoms with Crippen LogP contribution in [0, 0.1) is 5.92 Å². The molecule has 0 radical (unpaired) electrons. The molecule has 1 atom stereocenters. The molecule has 78 valence electrons. The fraction of sp³-hybridized carbons (Fsp3) is 0.727. The number of aliphatic hydroxyl groups is 1. The first-order chi connectivity index (χ1) is 6.71. The largest absolute Gasteiger partial charge is 0.384 e. The van der Waals surface area contributed by atoms with Gasteiger partial charge in [-0.1, -0.05) is 19.3 Å². The van der Waals surface area contributed by atoms with Gasteiger partial charge in [-0.25, -0.2) is 4.98 Å². The molecule has 1 N–H and O–H groups in total. The molecule has 2 rings (SSSR count). The molecule has 1 heterocycles. The lowest BCUT2D eigenvalue weighted by atomic mass is 9.76. The van der Waals surface area contributed by atoms with Crippen LogP contribution in [0.15, 0.2) is 10.9 Å². The second-order valence-corrected chi connectivity index (χ2v) is 5.07. The van der Waals surface area contributed by atoms with Gasteiger partial charge in [-0.15, -0.1) is 11.3 Å². The minimum Gasteiger partial charge on any atom is -0.384 e. The van der Waals surface area contributed by atoms with Crippen molar-refractivity contribution in [1.82, 2.24) is 4.98 Å². The second-order valence-electron chi connectivity index (χ2n) is 4.36. The van der Waals surface area contributed by atoms with E-state index in [1.54, 1.807) is 16.8 Å². The van der Waals surface area contributed by atoms with Gasteiger partial charge in [0.1, 0.15) is 5.60 Å². The summed E-state index contributed by atoms with van der Waals surface area (Å²) in [7, 11) is 0. The minimum absolute atomic E-state index is 0.401. The molecule has 1 aromatic rings. The summed E-state index contributed by atoms with van der Waals surface area (Å²) in [5.74, 6) is 0.401. The van der Waals surface area contributed by atoms with Crippen LogP contribution in [0.1, 0.15) is 44.7 Å². The molecule has 0 amide bonds. The van der Waals surface area contributed by atoms with Gasteiger partial charge >= 0.3 is 0 Å². The number of thiazole rings is 1. The third kappa shape index (κ3) is 1.84. The highest BCUT2D eigenvalue weighted by Gasteiger charge is 2.35. The molecular formula is C11H17NOS. The highest BCUT2D eigenvalue weighted by Crippen LogP contribution is 2.38. The van der Waals surface area contributed by atoms with E-state index in [9.17, 15) is 5.11 Å². The van der Waals surface area contributed by atoms with Gasteiger partial charge < -0.3 is 5.11 Å². The lowest BCUT2D eigenvalue weighted by molar-refractivity contribution is -0.0247. The van der Waals surface area contributed by atoms with Crippen LogP contribution >= 0.6 is 11.3 Å². The first-order valence-electron chi connectivity index (χ1n) is 5.32. The van der Waals surface area contributed by atoms with Gasteiger partial charge in [0, 0.05) is 5.38 Å². The summed E-state index contributed by atoms with van der Waals surface area (Å²) in [6.07, 6.45) is 6.12. The van der Waals surface area contributed by atoms with Crippen molar-refractivity contribution < 1.29 is 5.11 Å². The monoisotopic (exact) mass is 211 g/mol. The lowest BCUT2D eigenvalue weighted by Gasteiger charge is -2.34. The maximum absolute atomic E-state index is 10.4. The summed E-state index contributed by atoms with van der Waals surface area (Å²) < 4.78 is 0. The van der Waals surface area contributed by atoms with Crippen molar-refractivity contribution in [1.29, 1.82) is 0 Å². The minimum atomic E-state index is -0.708. The van der Waals surface area contributed by atoms with Crippen molar-refractivity contribution in [3.05, 3.63) is 16.6 Å². The summed E-state index contributed by atoms with van der Waals surface area (Å²) in [5.41, 5.74) is 1.95. The summed E-state index contributed by atoms with van der Waals surface area (Å²) >= 11 is 1.56. The van der Waals surface area contributed by atoms with Crippen LogP contribution in [0.25, 0.3) is 0 Å². The molecule has 1 fully saturated rings. The Morgan fingerprint density at radius 3 is 2.71 bits per heavy atom. The van der Waals surface area contributed by atoms with Gasteiger partial charge in [-0.05, 0) is 25.7 Å². The third-order valence-corrected chi connectivity index (χ3v) is 3.94. The standard InChI is InChI=1S/C11H17NOS/c1-11(13,10-7-14-8-12-10)9-5-3-2-4-6-9/h7-9,13H,2-6H2,1H3. The van der Waals surface area contributed by atoms with Crippen molar-refractivity contribution >= 4 is 11.3 Å². The Labute approximate surface area is 89.0 Å². The van der Waals surface area contributed by atoms with Gasteiger partial charge in [-0.3, -0.25) is 0 Å². The summed E-state index contributed by atoms with van der Waals surface area (Å²) in [5, 5.41) is 12.4. The van der Waals surface area contributed by atoms with E-state index in [0.29, 0.717) is 5.92 Å². The quantitative estimate of drug-likeness (QED) is 0.816. The van der Waals surface area contributed by atoms with Crippen molar-refractivity contribution in [2.45, 2.75) is 44.6 Å². The molecule has 0 aromatic carbocycles. The number of hydrogen-bond donors (Lipinski definition) is 1. The molecular weight excluding hydrogens is 194 g/mol. The van der Waals surface area contributed by atoms with E-state index in [-0.39, 0.29) is 0 Å². The third-order valence-electron chi connectivity index (χ3n) is 3.35. The van der Waals surface area contributed by atoms with E-state index >= 15 is 0 Å². The number of aromatic nitrogens is 1. The van der Waals surface area contributed by atoms with Crippen LogP contribution in [-0.4, -0.2) is 10.1 Å². The predicted molar refractivity (Wildman–Crippen MR) is 58.3 cm³/mol. The number of rotatable bonds is 2. The molecule has 1 saturated carbocycles. The Morgan fingerprint density at radius 2 is 2.14 bits per heavy atom. The summed E-state index contributed by atoms with van der Waals surface area (Å²) in [4.78, 5) is 4.23. The average molecular weight is 211 g/mol. The van der Waals surface area contributed by atoms with E-state index < -0.39 is 5.60 Å². The highest BCUT2D eigenvalue weighted by atomic mass is 32.1. The smallest absolute Gasteiger partial charge is 0.107 e. The molecule has 1 aromatic heterocycles. The highest BCUT2D eigenvalue weighted by molar-refractivity contribution is 7.07. The van der Waals surface area contributed by atoms with Gasteiger partial charge in [-0.2, -0.15) is 0 Å². The number of hydrogen-bond acceptors (Lipinski definition) is 3. The van der Waals surface area contributed by atoms with E-state index in [2.05, 4.69) is 4.98 Å². The Bertz CT molecular complexity index is 275. The van der Waals surface area contributed by atoms with Gasteiger partial charge in [0.25, 0.3) is 0 Å².